The van der Waals surface area contributed by atoms with E-state index in [1.165, 1.54) is 12.1 Å². The van der Waals surface area contributed by atoms with E-state index < -0.39 is 11.7 Å². The summed E-state index contributed by atoms with van der Waals surface area (Å²) in [7, 11) is 0. The van der Waals surface area contributed by atoms with E-state index in [1.807, 2.05) is 12.1 Å². The van der Waals surface area contributed by atoms with Gasteiger partial charge in [-0.2, -0.15) is 13.2 Å². The average Bonchev–Trinajstić information content (AvgIpc) is 2.37. The SMILES string of the molecule is FC(F)(F)c1ccc(CNc2ccc(Cl)cc2I)cc1. The molecule has 0 fully saturated rings. The zero-order chi connectivity index (χ0) is 14.8. The number of hydrogen-bond acceptors (Lipinski definition) is 1. The summed E-state index contributed by atoms with van der Waals surface area (Å²) in [5.41, 5.74) is 1.04. The molecule has 0 spiro atoms. The zero-order valence-corrected chi connectivity index (χ0v) is 13.1. The Hall–Kier alpha value is -0.950. The van der Waals surface area contributed by atoms with Crippen LogP contribution in [0.3, 0.4) is 0 Å². The molecule has 0 aliphatic carbocycles. The number of rotatable bonds is 3. The summed E-state index contributed by atoms with van der Waals surface area (Å²) in [5.74, 6) is 0. The number of nitrogens with one attached hydrogen (secondary N) is 1. The Morgan fingerprint density at radius 2 is 1.70 bits per heavy atom. The smallest absolute Gasteiger partial charge is 0.380 e. The van der Waals surface area contributed by atoms with Crippen LogP contribution in [-0.2, 0) is 12.7 Å². The van der Waals surface area contributed by atoms with Crippen LogP contribution in [0, 0.1) is 3.57 Å². The molecule has 2 rings (SSSR count). The minimum atomic E-state index is -4.29. The highest BCUT2D eigenvalue weighted by Gasteiger charge is 2.29. The van der Waals surface area contributed by atoms with Gasteiger partial charge in [0, 0.05) is 20.8 Å². The minimum absolute atomic E-state index is 0.454. The van der Waals surface area contributed by atoms with Gasteiger partial charge < -0.3 is 5.32 Å². The molecule has 106 valence electrons. The Morgan fingerprint density at radius 3 is 2.25 bits per heavy atom. The van der Waals surface area contributed by atoms with Gasteiger partial charge >= 0.3 is 6.18 Å². The maximum absolute atomic E-state index is 12.4. The zero-order valence-electron chi connectivity index (χ0n) is 10.1. The molecule has 0 unspecified atom stereocenters. The molecule has 1 nitrogen and oxygen atoms in total. The molecule has 20 heavy (non-hydrogen) atoms. The lowest BCUT2D eigenvalue weighted by molar-refractivity contribution is -0.137. The van der Waals surface area contributed by atoms with E-state index in [0.717, 1.165) is 27.0 Å². The molecule has 0 aliphatic heterocycles. The Bertz CT molecular complexity index is 596. The standard InChI is InChI=1S/C14H10ClF3IN/c15-11-5-6-13(12(19)7-11)20-8-9-1-3-10(4-2-9)14(16,17)18/h1-7,20H,8H2. The van der Waals surface area contributed by atoms with Crippen molar-refractivity contribution in [1.29, 1.82) is 0 Å². The van der Waals surface area contributed by atoms with E-state index in [4.69, 9.17) is 11.6 Å². The Morgan fingerprint density at radius 1 is 1.05 bits per heavy atom. The van der Waals surface area contributed by atoms with Crippen LogP contribution in [0.5, 0.6) is 0 Å². The normalized spacial score (nSPS) is 11.4. The van der Waals surface area contributed by atoms with Crippen LogP contribution in [0.1, 0.15) is 11.1 Å². The van der Waals surface area contributed by atoms with Gasteiger partial charge in [-0.1, -0.05) is 23.7 Å². The molecule has 2 aromatic rings. The third-order valence-corrected chi connectivity index (χ3v) is 3.82. The van der Waals surface area contributed by atoms with Crippen LogP contribution >= 0.6 is 34.2 Å². The lowest BCUT2D eigenvalue weighted by Gasteiger charge is -2.10. The largest absolute Gasteiger partial charge is 0.416 e. The van der Waals surface area contributed by atoms with E-state index in [0.29, 0.717) is 11.6 Å². The van der Waals surface area contributed by atoms with Gasteiger partial charge in [-0.3, -0.25) is 0 Å². The summed E-state index contributed by atoms with van der Waals surface area (Å²) in [5, 5.41) is 3.81. The van der Waals surface area contributed by atoms with Gasteiger partial charge in [0.1, 0.15) is 0 Å². The second kappa shape index (κ2) is 6.22. The van der Waals surface area contributed by atoms with Crippen molar-refractivity contribution in [3.8, 4) is 0 Å². The summed E-state index contributed by atoms with van der Waals surface area (Å²) in [4.78, 5) is 0. The molecule has 0 amide bonds. The van der Waals surface area contributed by atoms with Crippen molar-refractivity contribution in [2.45, 2.75) is 12.7 Å². The Kier molecular flexibility index (Phi) is 4.80. The number of benzene rings is 2. The maximum Gasteiger partial charge on any atom is 0.416 e. The van der Waals surface area contributed by atoms with Crippen LogP contribution in [0.4, 0.5) is 18.9 Å². The predicted octanol–water partition coefficient (Wildman–Crippen LogP) is 5.58. The highest BCUT2D eigenvalue weighted by atomic mass is 127. The highest BCUT2D eigenvalue weighted by molar-refractivity contribution is 14.1. The fourth-order valence-electron chi connectivity index (χ4n) is 1.64. The maximum atomic E-state index is 12.4. The lowest BCUT2D eigenvalue weighted by atomic mass is 10.1. The predicted molar refractivity (Wildman–Crippen MR) is 82.9 cm³/mol. The molecule has 2 aromatic carbocycles. The van der Waals surface area contributed by atoms with Crippen LogP contribution in [0.15, 0.2) is 42.5 Å². The van der Waals surface area contributed by atoms with Gasteiger partial charge in [0.2, 0.25) is 0 Å². The van der Waals surface area contributed by atoms with Crippen molar-refractivity contribution in [1.82, 2.24) is 0 Å². The first-order chi connectivity index (χ1) is 9.36. The first kappa shape index (κ1) is 15.4. The molecule has 0 aliphatic rings. The lowest BCUT2D eigenvalue weighted by Crippen LogP contribution is -2.06. The summed E-state index contributed by atoms with van der Waals surface area (Å²) in [6.45, 7) is 0.454. The molecular weight excluding hydrogens is 402 g/mol. The van der Waals surface area contributed by atoms with Crippen molar-refractivity contribution < 1.29 is 13.2 Å². The van der Waals surface area contributed by atoms with E-state index >= 15 is 0 Å². The monoisotopic (exact) mass is 411 g/mol. The van der Waals surface area contributed by atoms with E-state index in [9.17, 15) is 13.2 Å². The van der Waals surface area contributed by atoms with Crippen molar-refractivity contribution in [2.24, 2.45) is 0 Å². The molecule has 0 radical (unpaired) electrons. The molecule has 0 bridgehead atoms. The van der Waals surface area contributed by atoms with Gasteiger partial charge in [0.25, 0.3) is 0 Å². The van der Waals surface area contributed by atoms with Gasteiger partial charge in [0.05, 0.1) is 5.56 Å². The molecule has 0 heterocycles. The van der Waals surface area contributed by atoms with Crippen molar-refractivity contribution in [3.05, 3.63) is 62.2 Å². The van der Waals surface area contributed by atoms with Crippen LogP contribution < -0.4 is 5.32 Å². The highest BCUT2D eigenvalue weighted by Crippen LogP contribution is 2.29. The van der Waals surface area contributed by atoms with Crippen LogP contribution in [-0.4, -0.2) is 0 Å². The van der Waals surface area contributed by atoms with Crippen molar-refractivity contribution >= 4 is 39.9 Å². The molecule has 0 saturated carbocycles. The first-order valence-corrected chi connectivity index (χ1v) is 7.17. The fraction of sp³-hybridized carbons (Fsp3) is 0.143. The molecule has 0 aromatic heterocycles. The molecular formula is C14H10ClF3IN. The number of hydrogen-bond donors (Lipinski definition) is 1. The second-order valence-corrected chi connectivity index (χ2v) is 5.77. The van der Waals surface area contributed by atoms with Crippen molar-refractivity contribution in [3.63, 3.8) is 0 Å². The van der Waals surface area contributed by atoms with Gasteiger partial charge in [-0.15, -0.1) is 0 Å². The summed E-state index contributed by atoms with van der Waals surface area (Å²) in [6, 6.07) is 10.5. The number of halogens is 5. The Labute approximate surface area is 133 Å². The van der Waals surface area contributed by atoms with E-state index in [2.05, 4.69) is 27.9 Å². The molecule has 6 heteroatoms. The summed E-state index contributed by atoms with van der Waals surface area (Å²) >= 11 is 8.00. The van der Waals surface area contributed by atoms with Crippen molar-refractivity contribution in [2.75, 3.05) is 5.32 Å². The number of alkyl halides is 3. The first-order valence-electron chi connectivity index (χ1n) is 5.71. The third-order valence-electron chi connectivity index (χ3n) is 2.70. The Balaban J connectivity index is 2.04. The molecule has 1 N–H and O–H groups in total. The van der Waals surface area contributed by atoms with E-state index in [-0.39, 0.29) is 0 Å². The molecule has 0 atom stereocenters. The fourth-order valence-corrected chi connectivity index (χ4v) is 2.70. The van der Waals surface area contributed by atoms with Crippen LogP contribution in [0.2, 0.25) is 5.02 Å². The molecule has 0 saturated heterocycles. The second-order valence-electron chi connectivity index (χ2n) is 4.17. The topological polar surface area (TPSA) is 12.0 Å². The third kappa shape index (κ3) is 4.02. The summed E-state index contributed by atoms with van der Waals surface area (Å²) in [6.07, 6.45) is -4.29. The summed E-state index contributed by atoms with van der Waals surface area (Å²) < 4.78 is 38.3. The number of anilines is 1. The van der Waals surface area contributed by atoms with E-state index in [1.54, 1.807) is 6.07 Å². The quantitative estimate of drug-likeness (QED) is 0.651. The van der Waals surface area contributed by atoms with Gasteiger partial charge in [0.15, 0.2) is 0 Å². The average molecular weight is 412 g/mol. The van der Waals surface area contributed by atoms with Gasteiger partial charge in [-0.05, 0) is 58.5 Å². The van der Waals surface area contributed by atoms with Gasteiger partial charge in [-0.25, -0.2) is 0 Å². The minimum Gasteiger partial charge on any atom is -0.380 e. The van der Waals surface area contributed by atoms with Crippen LogP contribution in [0.25, 0.3) is 0 Å².